The van der Waals surface area contributed by atoms with Crippen LogP contribution in [0.2, 0.25) is 0 Å². The summed E-state index contributed by atoms with van der Waals surface area (Å²) in [6.45, 7) is 5.48. The zero-order chi connectivity index (χ0) is 23.0. The van der Waals surface area contributed by atoms with Gasteiger partial charge in [-0.25, -0.2) is 0 Å². The molecule has 7 heteroatoms. The summed E-state index contributed by atoms with van der Waals surface area (Å²) in [5, 5.41) is 3.51. The van der Waals surface area contributed by atoms with Gasteiger partial charge in [0.2, 0.25) is 5.91 Å². The summed E-state index contributed by atoms with van der Waals surface area (Å²) in [6.07, 6.45) is 10.7. The molecule has 2 aliphatic rings. The van der Waals surface area contributed by atoms with Gasteiger partial charge in [-0.1, -0.05) is 37.5 Å². The maximum absolute atomic E-state index is 13.0. The van der Waals surface area contributed by atoms with Gasteiger partial charge in [0, 0.05) is 36.7 Å². The largest absolute Gasteiger partial charge is 0.349 e. The third-order valence-corrected chi connectivity index (χ3v) is 6.89. The van der Waals surface area contributed by atoms with Crippen molar-refractivity contribution in [2.24, 2.45) is 0 Å². The molecule has 2 fully saturated rings. The molecule has 0 atom stereocenters. The Hall–Kier alpha value is -2.67. The Kier molecular flexibility index (Phi) is 8.15. The smallest absolute Gasteiger partial charge is 0.292 e. The molecule has 1 N–H and O–H groups in total. The summed E-state index contributed by atoms with van der Waals surface area (Å²) in [5.74, 6) is -1.04. The van der Waals surface area contributed by atoms with E-state index in [2.05, 4.69) is 10.2 Å². The van der Waals surface area contributed by atoms with Gasteiger partial charge in [-0.05, 0) is 57.8 Å². The van der Waals surface area contributed by atoms with Crippen molar-refractivity contribution in [2.75, 3.05) is 39.3 Å². The van der Waals surface area contributed by atoms with Crippen molar-refractivity contribution in [3.63, 3.8) is 0 Å². The predicted octanol–water partition coefficient (Wildman–Crippen LogP) is 3.22. The first-order valence-corrected chi connectivity index (χ1v) is 12.5. The van der Waals surface area contributed by atoms with E-state index < -0.39 is 11.7 Å². The summed E-state index contributed by atoms with van der Waals surface area (Å²) < 4.78 is 1.82. The van der Waals surface area contributed by atoms with Crippen LogP contribution in [0.4, 0.5) is 0 Å². The van der Waals surface area contributed by atoms with Gasteiger partial charge in [-0.2, -0.15) is 0 Å². The van der Waals surface area contributed by atoms with E-state index in [0.717, 1.165) is 62.9 Å². The molecule has 0 bridgehead atoms. The molecule has 4 rings (SSSR count). The van der Waals surface area contributed by atoms with Crippen molar-refractivity contribution in [3.8, 4) is 0 Å². The van der Waals surface area contributed by atoms with Gasteiger partial charge < -0.3 is 19.7 Å². The van der Waals surface area contributed by atoms with Gasteiger partial charge in [0.15, 0.2) is 0 Å². The molecule has 0 spiro atoms. The van der Waals surface area contributed by atoms with Crippen LogP contribution in [0.1, 0.15) is 61.7 Å². The first-order valence-electron chi connectivity index (χ1n) is 12.5. The second-order valence-electron chi connectivity index (χ2n) is 9.32. The summed E-state index contributed by atoms with van der Waals surface area (Å²) in [4.78, 5) is 42.8. The van der Waals surface area contributed by atoms with Gasteiger partial charge in [0.25, 0.3) is 11.7 Å². The molecule has 0 unspecified atom stereocenters. The lowest BCUT2D eigenvalue weighted by molar-refractivity contribution is -0.131. The maximum atomic E-state index is 13.0. The third kappa shape index (κ3) is 6.02. The third-order valence-electron chi connectivity index (χ3n) is 6.89. The van der Waals surface area contributed by atoms with Crippen molar-refractivity contribution in [1.82, 2.24) is 19.7 Å². The van der Waals surface area contributed by atoms with Crippen LogP contribution in [0.25, 0.3) is 10.9 Å². The van der Waals surface area contributed by atoms with Gasteiger partial charge in [0.1, 0.15) is 6.54 Å². The first kappa shape index (κ1) is 23.5. The van der Waals surface area contributed by atoms with E-state index >= 15 is 0 Å². The Balaban J connectivity index is 1.38. The van der Waals surface area contributed by atoms with Crippen LogP contribution in [0, 0.1) is 0 Å². The monoisotopic (exact) mass is 452 g/mol. The Bertz CT molecular complexity index is 969. The van der Waals surface area contributed by atoms with Crippen LogP contribution >= 0.6 is 0 Å². The average molecular weight is 453 g/mol. The number of hydrogen-bond donors (Lipinski definition) is 1. The maximum Gasteiger partial charge on any atom is 0.292 e. The average Bonchev–Trinajstić information content (AvgIpc) is 3.00. The van der Waals surface area contributed by atoms with E-state index in [1.165, 1.54) is 32.1 Å². The molecule has 1 aromatic heterocycles. The topological polar surface area (TPSA) is 74.6 Å². The number of hydrogen-bond acceptors (Lipinski definition) is 4. The number of rotatable bonds is 8. The van der Waals surface area contributed by atoms with Crippen LogP contribution in [0.5, 0.6) is 0 Å². The molecule has 178 valence electrons. The standard InChI is InChI=1S/C26H36N4O3/c31-24(29-17-8-1-2-9-18-29)20-30-19-22(21-11-4-5-12-23(21)30)25(32)26(33)27-13-10-16-28-14-6-3-7-15-28/h4-5,11-12,19H,1-3,6-10,13-18,20H2,(H,27,33). The zero-order valence-electron chi connectivity index (χ0n) is 19.6. The van der Waals surface area contributed by atoms with Crippen LogP contribution in [-0.4, -0.2) is 71.2 Å². The molecule has 2 aliphatic heterocycles. The summed E-state index contributed by atoms with van der Waals surface area (Å²) in [6, 6.07) is 7.50. The Morgan fingerprint density at radius 1 is 0.848 bits per heavy atom. The fraction of sp³-hybridized carbons (Fsp3) is 0.577. The van der Waals surface area contributed by atoms with Gasteiger partial charge in [0.05, 0.1) is 5.56 Å². The summed E-state index contributed by atoms with van der Waals surface area (Å²) in [5.41, 5.74) is 1.17. The van der Waals surface area contributed by atoms with Gasteiger partial charge >= 0.3 is 0 Å². The van der Waals surface area contributed by atoms with E-state index in [1.807, 2.05) is 33.7 Å². The van der Waals surface area contributed by atoms with Crippen LogP contribution in [-0.2, 0) is 16.1 Å². The van der Waals surface area contributed by atoms with Gasteiger partial charge in [-0.15, -0.1) is 0 Å². The molecule has 2 amide bonds. The SMILES string of the molecule is O=C(NCCCN1CCCCC1)C(=O)c1cn(CC(=O)N2CCCCCC2)c2ccccc12. The number of para-hydroxylation sites is 1. The van der Waals surface area contributed by atoms with E-state index in [4.69, 9.17) is 0 Å². The van der Waals surface area contributed by atoms with Crippen LogP contribution in [0.15, 0.2) is 30.5 Å². The molecule has 3 heterocycles. The molecule has 7 nitrogen and oxygen atoms in total. The van der Waals surface area contributed by atoms with E-state index in [9.17, 15) is 14.4 Å². The number of aromatic nitrogens is 1. The molecule has 0 aliphatic carbocycles. The van der Waals surface area contributed by atoms with E-state index in [1.54, 1.807) is 6.20 Å². The Morgan fingerprint density at radius 2 is 1.52 bits per heavy atom. The summed E-state index contributed by atoms with van der Waals surface area (Å²) in [7, 11) is 0. The first-order chi connectivity index (χ1) is 16.1. The molecule has 1 aromatic carbocycles. The quantitative estimate of drug-likeness (QED) is 0.379. The number of Topliss-reactive ketones (excluding diaryl/α,β-unsaturated/α-hetero) is 1. The minimum absolute atomic E-state index is 0.0683. The van der Waals surface area contributed by atoms with E-state index in [0.29, 0.717) is 12.1 Å². The molecular weight excluding hydrogens is 416 g/mol. The second-order valence-corrected chi connectivity index (χ2v) is 9.32. The predicted molar refractivity (Wildman–Crippen MR) is 129 cm³/mol. The molecular formula is C26H36N4O3. The fourth-order valence-electron chi connectivity index (χ4n) is 5.01. The highest BCUT2D eigenvalue weighted by Crippen LogP contribution is 2.22. The zero-order valence-corrected chi connectivity index (χ0v) is 19.6. The minimum atomic E-state index is -0.574. The Labute approximate surface area is 196 Å². The van der Waals surface area contributed by atoms with E-state index in [-0.39, 0.29) is 12.5 Å². The van der Waals surface area contributed by atoms with Crippen molar-refractivity contribution >= 4 is 28.5 Å². The fourth-order valence-corrected chi connectivity index (χ4v) is 5.01. The molecule has 0 saturated carbocycles. The van der Waals surface area contributed by atoms with Crippen LogP contribution < -0.4 is 5.32 Å². The molecule has 2 saturated heterocycles. The number of ketones is 1. The highest BCUT2D eigenvalue weighted by Gasteiger charge is 2.23. The minimum Gasteiger partial charge on any atom is -0.349 e. The number of carbonyl (C=O) groups is 3. The van der Waals surface area contributed by atoms with Crippen molar-refractivity contribution in [3.05, 3.63) is 36.0 Å². The molecule has 0 radical (unpaired) electrons. The Morgan fingerprint density at radius 3 is 2.27 bits per heavy atom. The van der Waals surface area contributed by atoms with Crippen molar-refractivity contribution in [1.29, 1.82) is 0 Å². The molecule has 33 heavy (non-hydrogen) atoms. The number of likely N-dealkylation sites (tertiary alicyclic amines) is 2. The number of amides is 2. The lowest BCUT2D eigenvalue weighted by Gasteiger charge is -2.26. The number of piperidine rings is 1. The lowest BCUT2D eigenvalue weighted by Crippen LogP contribution is -2.35. The summed E-state index contributed by atoms with van der Waals surface area (Å²) >= 11 is 0. The van der Waals surface area contributed by atoms with Gasteiger partial charge in [-0.3, -0.25) is 14.4 Å². The second kappa shape index (κ2) is 11.5. The highest BCUT2D eigenvalue weighted by atomic mass is 16.2. The molecule has 2 aromatic rings. The lowest BCUT2D eigenvalue weighted by atomic mass is 10.1. The highest BCUT2D eigenvalue weighted by molar-refractivity contribution is 6.45. The normalized spacial score (nSPS) is 17.6. The number of nitrogens with one attached hydrogen (secondary N) is 1. The van der Waals surface area contributed by atoms with Crippen LogP contribution in [0.3, 0.4) is 0 Å². The number of fused-ring (bicyclic) bond motifs is 1. The number of benzene rings is 1. The van der Waals surface area contributed by atoms with Crippen molar-refractivity contribution < 1.29 is 14.4 Å². The number of carbonyl (C=O) groups excluding carboxylic acids is 3. The van der Waals surface area contributed by atoms with Crippen molar-refractivity contribution in [2.45, 2.75) is 57.9 Å². The number of nitrogens with zero attached hydrogens (tertiary/aromatic N) is 3.